The van der Waals surface area contributed by atoms with Crippen molar-refractivity contribution in [3.8, 4) is 0 Å². The van der Waals surface area contributed by atoms with Crippen molar-refractivity contribution in [3.05, 3.63) is 12.2 Å². The van der Waals surface area contributed by atoms with Gasteiger partial charge in [0.05, 0.1) is 0 Å². The van der Waals surface area contributed by atoms with Crippen molar-refractivity contribution in [2.75, 3.05) is 19.1 Å². The maximum absolute atomic E-state index is 5.54. The topological polar surface area (TPSA) is 9.23 Å². The maximum atomic E-state index is 5.54. The largest absolute Gasteiger partial charge is 0.381 e. The fraction of sp³-hybridized carbons (Fsp3) is 0.778. The zero-order valence-corrected chi connectivity index (χ0v) is 7.52. The number of halogens is 1. The van der Waals surface area contributed by atoms with Gasteiger partial charge in [-0.2, -0.15) is 0 Å². The lowest BCUT2D eigenvalue weighted by Gasteiger charge is -2.18. The lowest BCUT2D eigenvalue weighted by Crippen LogP contribution is -2.13. The van der Waals surface area contributed by atoms with E-state index in [2.05, 4.69) is 12.2 Å². The van der Waals surface area contributed by atoms with E-state index in [4.69, 9.17) is 16.3 Å². The molecule has 0 aromatic heterocycles. The summed E-state index contributed by atoms with van der Waals surface area (Å²) in [5.41, 5.74) is 0. The van der Waals surface area contributed by atoms with E-state index in [9.17, 15) is 0 Å². The van der Waals surface area contributed by atoms with Gasteiger partial charge in [0.25, 0.3) is 0 Å². The molecule has 1 nitrogen and oxygen atoms in total. The van der Waals surface area contributed by atoms with Crippen molar-refractivity contribution < 1.29 is 4.74 Å². The van der Waals surface area contributed by atoms with Crippen LogP contribution in [0.25, 0.3) is 0 Å². The molecule has 0 aromatic carbocycles. The maximum Gasteiger partial charge on any atom is 0.0471 e. The average molecular weight is 175 g/mol. The van der Waals surface area contributed by atoms with Crippen LogP contribution in [-0.2, 0) is 4.74 Å². The van der Waals surface area contributed by atoms with E-state index in [1.54, 1.807) is 0 Å². The summed E-state index contributed by atoms with van der Waals surface area (Å²) in [7, 11) is 0. The van der Waals surface area contributed by atoms with Crippen LogP contribution in [0.15, 0.2) is 12.2 Å². The fourth-order valence-electron chi connectivity index (χ4n) is 1.26. The van der Waals surface area contributed by atoms with E-state index in [1.807, 2.05) is 0 Å². The first-order chi connectivity index (χ1) is 5.43. The first kappa shape index (κ1) is 9.08. The monoisotopic (exact) mass is 174 g/mol. The number of rotatable bonds is 3. The third-order valence-corrected chi connectivity index (χ3v) is 2.17. The minimum atomic E-state index is 0.736. The lowest BCUT2D eigenvalue weighted by molar-refractivity contribution is 0.0785. The number of ether oxygens (including phenoxy) is 1. The Labute approximate surface area is 73.4 Å². The molecule has 1 fully saturated rings. The van der Waals surface area contributed by atoms with Gasteiger partial charge in [0, 0.05) is 19.1 Å². The van der Waals surface area contributed by atoms with Crippen LogP contribution in [-0.4, -0.2) is 19.1 Å². The molecule has 0 spiro atoms. The molecule has 1 rings (SSSR count). The summed E-state index contributed by atoms with van der Waals surface area (Å²) in [4.78, 5) is 0. The first-order valence-electron chi connectivity index (χ1n) is 4.24. The summed E-state index contributed by atoms with van der Waals surface area (Å²) in [5, 5.41) is 0. The first-order valence-corrected chi connectivity index (χ1v) is 4.77. The third-order valence-electron chi connectivity index (χ3n) is 1.95. The Balaban J connectivity index is 2.13. The number of hydrogen-bond donors (Lipinski definition) is 0. The molecule has 0 aromatic rings. The highest BCUT2D eigenvalue weighted by molar-refractivity contribution is 6.17. The Morgan fingerprint density at radius 3 is 2.73 bits per heavy atom. The van der Waals surface area contributed by atoms with E-state index in [0.29, 0.717) is 0 Å². The molecule has 0 N–H and O–H groups in total. The lowest BCUT2D eigenvalue weighted by atomic mass is 10.00. The Morgan fingerprint density at radius 1 is 1.36 bits per heavy atom. The quantitative estimate of drug-likeness (QED) is 0.472. The molecule has 0 amide bonds. The normalized spacial score (nSPS) is 21.2. The predicted octanol–water partition coefficient (Wildman–Crippen LogP) is 2.60. The summed E-state index contributed by atoms with van der Waals surface area (Å²) in [6.07, 6.45) is 7.82. The van der Waals surface area contributed by atoms with Crippen molar-refractivity contribution in [1.29, 1.82) is 0 Å². The number of hydrogen-bond acceptors (Lipinski definition) is 1. The SMILES string of the molecule is ClCCC=CC1CCOCC1. The van der Waals surface area contributed by atoms with Gasteiger partial charge in [-0.3, -0.25) is 0 Å². The summed E-state index contributed by atoms with van der Waals surface area (Å²) in [6, 6.07) is 0. The minimum absolute atomic E-state index is 0.736. The second-order valence-electron chi connectivity index (χ2n) is 2.86. The molecule has 0 radical (unpaired) electrons. The van der Waals surface area contributed by atoms with Crippen LogP contribution in [0.4, 0.5) is 0 Å². The highest BCUT2D eigenvalue weighted by Gasteiger charge is 2.09. The molecule has 1 heterocycles. The average Bonchev–Trinajstić information content (AvgIpc) is 2.07. The molecule has 11 heavy (non-hydrogen) atoms. The van der Waals surface area contributed by atoms with Gasteiger partial charge in [0.1, 0.15) is 0 Å². The number of alkyl halides is 1. The van der Waals surface area contributed by atoms with E-state index >= 15 is 0 Å². The van der Waals surface area contributed by atoms with Crippen LogP contribution in [0, 0.1) is 5.92 Å². The van der Waals surface area contributed by atoms with E-state index < -0.39 is 0 Å². The zero-order chi connectivity index (χ0) is 7.94. The highest BCUT2D eigenvalue weighted by atomic mass is 35.5. The predicted molar refractivity (Wildman–Crippen MR) is 48.0 cm³/mol. The van der Waals surface area contributed by atoms with Crippen LogP contribution >= 0.6 is 11.6 Å². The van der Waals surface area contributed by atoms with Gasteiger partial charge < -0.3 is 4.74 Å². The third kappa shape index (κ3) is 3.78. The van der Waals surface area contributed by atoms with Crippen LogP contribution in [0.2, 0.25) is 0 Å². The van der Waals surface area contributed by atoms with Gasteiger partial charge in [0.15, 0.2) is 0 Å². The van der Waals surface area contributed by atoms with E-state index in [0.717, 1.165) is 31.4 Å². The van der Waals surface area contributed by atoms with E-state index in [1.165, 1.54) is 12.8 Å². The van der Waals surface area contributed by atoms with Crippen LogP contribution in [0.1, 0.15) is 19.3 Å². The van der Waals surface area contributed by atoms with Crippen molar-refractivity contribution >= 4 is 11.6 Å². The van der Waals surface area contributed by atoms with Crippen LogP contribution < -0.4 is 0 Å². The van der Waals surface area contributed by atoms with Gasteiger partial charge in [-0.05, 0) is 25.2 Å². The van der Waals surface area contributed by atoms with Gasteiger partial charge in [-0.1, -0.05) is 12.2 Å². The second kappa shape index (κ2) is 5.62. The summed E-state index contributed by atoms with van der Waals surface area (Å²) >= 11 is 5.54. The summed E-state index contributed by atoms with van der Waals surface area (Å²) in [6.45, 7) is 1.85. The van der Waals surface area contributed by atoms with Gasteiger partial charge in [0.2, 0.25) is 0 Å². The highest BCUT2D eigenvalue weighted by Crippen LogP contribution is 2.15. The molecule has 1 aliphatic rings. The van der Waals surface area contributed by atoms with Crippen molar-refractivity contribution in [1.82, 2.24) is 0 Å². The molecule has 2 heteroatoms. The van der Waals surface area contributed by atoms with E-state index in [-0.39, 0.29) is 0 Å². The molecule has 0 unspecified atom stereocenters. The molecule has 0 aliphatic carbocycles. The zero-order valence-electron chi connectivity index (χ0n) is 6.76. The molecule has 0 saturated carbocycles. The Morgan fingerprint density at radius 2 is 2.09 bits per heavy atom. The van der Waals surface area contributed by atoms with Crippen molar-refractivity contribution in [2.24, 2.45) is 5.92 Å². The van der Waals surface area contributed by atoms with Gasteiger partial charge >= 0.3 is 0 Å². The fourth-order valence-corrected chi connectivity index (χ4v) is 1.39. The molecule has 0 atom stereocenters. The second-order valence-corrected chi connectivity index (χ2v) is 3.23. The van der Waals surface area contributed by atoms with Crippen LogP contribution in [0.3, 0.4) is 0 Å². The van der Waals surface area contributed by atoms with Gasteiger partial charge in [-0.15, -0.1) is 11.6 Å². The Hall–Kier alpha value is -0.0100. The molecule has 1 aliphatic heterocycles. The smallest absolute Gasteiger partial charge is 0.0471 e. The van der Waals surface area contributed by atoms with Gasteiger partial charge in [-0.25, -0.2) is 0 Å². The molecule has 1 saturated heterocycles. The Kier molecular flexibility index (Phi) is 4.64. The van der Waals surface area contributed by atoms with Crippen molar-refractivity contribution in [2.45, 2.75) is 19.3 Å². The number of allylic oxidation sites excluding steroid dienone is 2. The standard InChI is InChI=1S/C9H15ClO/c10-6-2-1-3-9-4-7-11-8-5-9/h1,3,9H,2,4-8H2. The van der Waals surface area contributed by atoms with Crippen LogP contribution in [0.5, 0.6) is 0 Å². The molecule has 64 valence electrons. The minimum Gasteiger partial charge on any atom is -0.381 e. The summed E-state index contributed by atoms with van der Waals surface area (Å²) < 4.78 is 5.25. The summed E-state index contributed by atoms with van der Waals surface area (Å²) in [5.74, 6) is 1.48. The Bertz CT molecular complexity index is 117. The molecular formula is C9H15ClO. The molecular weight excluding hydrogens is 160 g/mol. The molecule has 0 bridgehead atoms. The van der Waals surface area contributed by atoms with Crippen molar-refractivity contribution in [3.63, 3.8) is 0 Å².